The first-order valence-electron chi connectivity index (χ1n) is 5.85. The van der Waals surface area contributed by atoms with Crippen LogP contribution in [0.25, 0.3) is 0 Å². The highest BCUT2D eigenvalue weighted by Gasteiger charge is 2.38. The first-order valence-corrected chi connectivity index (χ1v) is 5.85. The largest absolute Gasteiger partial charge is 0.419 e. The van der Waals surface area contributed by atoms with Crippen LogP contribution in [0.4, 0.5) is 5.82 Å². The molecular formula is C13H13N3O4. The lowest BCUT2D eigenvalue weighted by molar-refractivity contribution is -0.222. The number of hydrazone groups is 1. The fraction of sp³-hybridized carbons (Fsp3) is 0.231. The highest BCUT2D eigenvalue weighted by molar-refractivity contribution is 6.17. The molecule has 1 aromatic rings. The van der Waals surface area contributed by atoms with Crippen LogP contribution in [-0.2, 0) is 19.1 Å². The Morgan fingerprint density at radius 1 is 1.25 bits per heavy atom. The molecule has 0 aromatic carbocycles. The normalized spacial score (nSPS) is 17.6. The van der Waals surface area contributed by atoms with E-state index in [1.807, 2.05) is 0 Å². The summed E-state index contributed by atoms with van der Waals surface area (Å²) < 4.78 is 9.85. The van der Waals surface area contributed by atoms with Crippen LogP contribution in [0.5, 0.6) is 0 Å². The van der Waals surface area contributed by atoms with Gasteiger partial charge in [0, 0.05) is 26.3 Å². The monoisotopic (exact) mass is 275 g/mol. The Labute approximate surface area is 115 Å². The molecular weight excluding hydrogens is 262 g/mol. The van der Waals surface area contributed by atoms with Gasteiger partial charge in [0.05, 0.1) is 0 Å². The van der Waals surface area contributed by atoms with Crippen LogP contribution in [0.15, 0.2) is 41.1 Å². The van der Waals surface area contributed by atoms with Crippen molar-refractivity contribution in [1.82, 2.24) is 4.98 Å². The number of cyclic esters (lactones) is 2. The van der Waals surface area contributed by atoms with Crippen LogP contribution in [-0.4, -0.2) is 28.9 Å². The first kappa shape index (κ1) is 13.7. The van der Waals surface area contributed by atoms with Crippen molar-refractivity contribution in [3.05, 3.63) is 36.0 Å². The Bertz CT molecular complexity index is 557. The average Bonchev–Trinajstić information content (AvgIpc) is 2.37. The highest BCUT2D eigenvalue weighted by Crippen LogP contribution is 2.22. The Hall–Kier alpha value is -2.70. The number of nitrogens with zero attached hydrogens (tertiary/aromatic N) is 2. The molecule has 0 atom stereocenters. The lowest BCUT2D eigenvalue weighted by Gasteiger charge is -2.29. The van der Waals surface area contributed by atoms with Crippen LogP contribution < -0.4 is 5.43 Å². The number of esters is 2. The number of anilines is 1. The molecule has 1 fully saturated rings. The molecule has 0 saturated carbocycles. The number of aromatic nitrogens is 1. The topological polar surface area (TPSA) is 89.9 Å². The number of pyridine rings is 1. The van der Waals surface area contributed by atoms with Gasteiger partial charge in [0.1, 0.15) is 11.4 Å². The van der Waals surface area contributed by atoms with E-state index in [2.05, 4.69) is 15.5 Å². The molecule has 0 radical (unpaired) electrons. The van der Waals surface area contributed by atoms with Crippen molar-refractivity contribution >= 4 is 24.0 Å². The number of carbonyl (C=O) groups excluding carboxylic acids is 2. The third kappa shape index (κ3) is 3.41. The van der Waals surface area contributed by atoms with Gasteiger partial charge < -0.3 is 9.47 Å². The molecule has 7 nitrogen and oxygen atoms in total. The van der Waals surface area contributed by atoms with E-state index in [0.717, 1.165) is 0 Å². The Morgan fingerprint density at radius 3 is 2.55 bits per heavy atom. The molecule has 1 aromatic heterocycles. The molecule has 0 spiro atoms. The molecule has 1 aliphatic heterocycles. The van der Waals surface area contributed by atoms with E-state index in [1.165, 1.54) is 26.1 Å². The molecule has 20 heavy (non-hydrogen) atoms. The number of hydrogen-bond acceptors (Lipinski definition) is 7. The second kappa shape index (κ2) is 5.52. The third-order valence-corrected chi connectivity index (χ3v) is 2.28. The number of ether oxygens (including phenoxy) is 2. The van der Waals surface area contributed by atoms with Gasteiger partial charge in [-0.3, -0.25) is 5.43 Å². The lowest BCUT2D eigenvalue weighted by atomic mass is 10.2. The van der Waals surface area contributed by atoms with Crippen molar-refractivity contribution in [3.63, 3.8) is 0 Å². The summed E-state index contributed by atoms with van der Waals surface area (Å²) in [4.78, 5) is 27.2. The molecule has 0 unspecified atom stereocenters. The van der Waals surface area contributed by atoms with Crippen molar-refractivity contribution in [1.29, 1.82) is 0 Å². The fourth-order valence-corrected chi connectivity index (χ4v) is 1.44. The maximum Gasteiger partial charge on any atom is 0.348 e. The van der Waals surface area contributed by atoms with E-state index in [0.29, 0.717) is 5.82 Å². The number of nitrogens with one attached hydrogen (secondary N) is 1. The first-order chi connectivity index (χ1) is 9.48. The van der Waals surface area contributed by atoms with Crippen molar-refractivity contribution in [2.45, 2.75) is 19.6 Å². The minimum Gasteiger partial charge on any atom is -0.419 e. The molecule has 0 aliphatic carbocycles. The fourth-order valence-electron chi connectivity index (χ4n) is 1.44. The number of allylic oxidation sites excluding steroid dienone is 1. The predicted octanol–water partition coefficient (Wildman–Crippen LogP) is 1.24. The smallest absolute Gasteiger partial charge is 0.348 e. The summed E-state index contributed by atoms with van der Waals surface area (Å²) in [6, 6.07) is 5.28. The van der Waals surface area contributed by atoms with E-state index >= 15 is 0 Å². The minimum atomic E-state index is -1.24. The van der Waals surface area contributed by atoms with Crippen LogP contribution >= 0.6 is 0 Å². The summed E-state index contributed by atoms with van der Waals surface area (Å²) in [7, 11) is 0. The highest BCUT2D eigenvalue weighted by atomic mass is 16.7. The van der Waals surface area contributed by atoms with Crippen LogP contribution in [0.3, 0.4) is 0 Å². The average molecular weight is 275 g/mol. The summed E-state index contributed by atoms with van der Waals surface area (Å²) in [5.41, 5.74) is 2.43. The van der Waals surface area contributed by atoms with Gasteiger partial charge in [-0.15, -0.1) is 0 Å². The lowest BCUT2D eigenvalue weighted by Crippen LogP contribution is -2.41. The molecule has 1 N–H and O–H groups in total. The Morgan fingerprint density at radius 2 is 1.95 bits per heavy atom. The quantitative estimate of drug-likeness (QED) is 0.293. The van der Waals surface area contributed by atoms with Gasteiger partial charge in [-0.1, -0.05) is 6.07 Å². The van der Waals surface area contributed by atoms with Gasteiger partial charge >= 0.3 is 11.9 Å². The van der Waals surface area contributed by atoms with Crippen LogP contribution in [0, 0.1) is 0 Å². The van der Waals surface area contributed by atoms with Gasteiger partial charge in [0.25, 0.3) is 5.79 Å². The van der Waals surface area contributed by atoms with Gasteiger partial charge in [0.15, 0.2) is 0 Å². The summed E-state index contributed by atoms with van der Waals surface area (Å²) in [6.07, 6.45) is 4.08. The molecule has 104 valence electrons. The van der Waals surface area contributed by atoms with E-state index in [9.17, 15) is 9.59 Å². The Kier molecular flexibility index (Phi) is 3.79. The summed E-state index contributed by atoms with van der Waals surface area (Å²) in [6.45, 7) is 2.96. The zero-order valence-corrected chi connectivity index (χ0v) is 11.0. The molecule has 0 bridgehead atoms. The van der Waals surface area contributed by atoms with Gasteiger partial charge in [-0.2, -0.15) is 5.10 Å². The summed E-state index contributed by atoms with van der Waals surface area (Å²) in [5, 5.41) is 3.81. The molecule has 2 rings (SSSR count). The van der Waals surface area contributed by atoms with E-state index < -0.39 is 17.7 Å². The van der Waals surface area contributed by atoms with Gasteiger partial charge in [0.2, 0.25) is 0 Å². The van der Waals surface area contributed by atoms with Gasteiger partial charge in [-0.25, -0.2) is 14.6 Å². The predicted molar refractivity (Wildman–Crippen MR) is 70.7 cm³/mol. The maximum absolute atomic E-state index is 11.6. The molecule has 7 heteroatoms. The Balaban J connectivity index is 2.01. The van der Waals surface area contributed by atoms with Crippen molar-refractivity contribution in [3.8, 4) is 0 Å². The second-order valence-electron chi connectivity index (χ2n) is 4.36. The zero-order valence-electron chi connectivity index (χ0n) is 11.0. The van der Waals surface area contributed by atoms with Crippen molar-refractivity contribution in [2.24, 2.45) is 5.10 Å². The molecule has 1 saturated heterocycles. The number of hydrogen-bond donors (Lipinski definition) is 1. The third-order valence-electron chi connectivity index (χ3n) is 2.28. The van der Waals surface area contributed by atoms with Crippen molar-refractivity contribution < 1.29 is 19.1 Å². The number of carbonyl (C=O) groups is 2. The molecule has 2 heterocycles. The second-order valence-corrected chi connectivity index (χ2v) is 4.36. The standard InChI is InChI=1S/C13H13N3O4/c1-13(2)19-11(17)9(12(18)20-13)6-8-15-16-10-5-3-4-7-14-10/h3-8H,1-2H3,(H,14,16)/b15-8+. The number of rotatable bonds is 3. The van der Waals surface area contributed by atoms with E-state index in [4.69, 9.17) is 9.47 Å². The molecule has 1 aliphatic rings. The van der Waals surface area contributed by atoms with Crippen LogP contribution in [0.1, 0.15) is 13.8 Å². The van der Waals surface area contributed by atoms with Crippen LogP contribution in [0.2, 0.25) is 0 Å². The van der Waals surface area contributed by atoms with Gasteiger partial charge in [-0.05, 0) is 18.2 Å². The molecule has 0 amide bonds. The SMILES string of the molecule is CC1(C)OC(=O)C(=C/C=N/Nc2ccccn2)C(=O)O1. The minimum absolute atomic E-state index is 0.212. The zero-order chi connectivity index (χ0) is 14.6. The van der Waals surface area contributed by atoms with E-state index in [1.54, 1.807) is 24.4 Å². The van der Waals surface area contributed by atoms with E-state index in [-0.39, 0.29) is 5.57 Å². The summed E-state index contributed by atoms with van der Waals surface area (Å²) in [5.74, 6) is -2.18. The summed E-state index contributed by atoms with van der Waals surface area (Å²) >= 11 is 0. The van der Waals surface area contributed by atoms with Crippen molar-refractivity contribution in [2.75, 3.05) is 5.43 Å². The maximum atomic E-state index is 11.6.